The lowest BCUT2D eigenvalue weighted by atomic mass is 9.55. The van der Waals surface area contributed by atoms with E-state index in [4.69, 9.17) is 14.2 Å². The van der Waals surface area contributed by atoms with Crippen molar-refractivity contribution >= 4 is 0 Å². The molecule has 2 aromatic carbocycles. The van der Waals surface area contributed by atoms with Crippen LogP contribution in [0.25, 0.3) is 0 Å². The second kappa shape index (κ2) is 9.19. The summed E-state index contributed by atoms with van der Waals surface area (Å²) in [5.41, 5.74) is 5.96. The van der Waals surface area contributed by atoms with Crippen LogP contribution in [0.5, 0.6) is 5.75 Å². The smallest absolute Gasteiger partial charge is 0.123 e. The topological polar surface area (TPSA) is 27.7 Å². The zero-order valence-corrected chi connectivity index (χ0v) is 19.9. The van der Waals surface area contributed by atoms with Crippen molar-refractivity contribution in [1.82, 2.24) is 0 Å². The van der Waals surface area contributed by atoms with Crippen LogP contribution in [0, 0.1) is 24.2 Å². The van der Waals surface area contributed by atoms with Gasteiger partial charge in [0.15, 0.2) is 0 Å². The number of hydrogen-bond acceptors (Lipinski definition) is 3. The maximum Gasteiger partial charge on any atom is 0.123 e. The molecule has 4 unspecified atom stereocenters. The second-order valence-electron chi connectivity index (χ2n) is 10.5. The predicted molar refractivity (Wildman–Crippen MR) is 128 cm³/mol. The lowest BCUT2D eigenvalue weighted by molar-refractivity contribution is -0.0739. The highest BCUT2D eigenvalue weighted by Crippen LogP contribution is 2.61. The Morgan fingerprint density at radius 1 is 1.00 bits per heavy atom. The van der Waals surface area contributed by atoms with Crippen LogP contribution in [0.1, 0.15) is 67.2 Å². The molecule has 0 saturated heterocycles. The first kappa shape index (κ1) is 22.0. The number of fused-ring (bicyclic) bond motifs is 5. The first-order valence-electron chi connectivity index (χ1n) is 12.5. The van der Waals surface area contributed by atoms with Gasteiger partial charge in [0.1, 0.15) is 12.4 Å². The highest BCUT2D eigenvalue weighted by atomic mass is 16.5. The van der Waals surface area contributed by atoms with E-state index in [9.17, 15) is 0 Å². The molecule has 0 N–H and O–H groups in total. The Bertz CT molecular complexity index is 923. The lowest BCUT2D eigenvalue weighted by Gasteiger charge is -2.50. The van der Waals surface area contributed by atoms with Crippen molar-refractivity contribution in [3.05, 3.63) is 64.7 Å². The van der Waals surface area contributed by atoms with Gasteiger partial charge in [-0.15, -0.1) is 0 Å². The zero-order chi connectivity index (χ0) is 22.1. The fraction of sp³-hybridized carbons (Fsp3) is 0.586. The third-order valence-corrected chi connectivity index (χ3v) is 8.78. The average molecular weight is 435 g/mol. The molecule has 32 heavy (non-hydrogen) atoms. The molecule has 2 saturated carbocycles. The summed E-state index contributed by atoms with van der Waals surface area (Å²) in [6.07, 6.45) is 8.00. The molecule has 3 aliphatic carbocycles. The highest BCUT2D eigenvalue weighted by molar-refractivity contribution is 5.46. The molecule has 0 bridgehead atoms. The Kier molecular flexibility index (Phi) is 6.31. The van der Waals surface area contributed by atoms with Crippen LogP contribution in [0.3, 0.4) is 0 Å². The molecule has 3 aliphatic rings. The van der Waals surface area contributed by atoms with Crippen molar-refractivity contribution in [3.63, 3.8) is 0 Å². The standard InChI is InChI=1S/C29H38O3/c1-20-17-25-22(18-27(20)32-19-21-7-5-4-6-8-21)9-10-24-23(25)13-14-29(2)26(24)11-12-28(29)31-16-15-30-3/h4-8,17-18,23-24,26,28H,9-16,19H2,1-3H3/t23?,24?,26?,28-,29?/m0/s1. The predicted octanol–water partition coefficient (Wildman–Crippen LogP) is 6.46. The van der Waals surface area contributed by atoms with E-state index in [1.165, 1.54) is 55.2 Å². The van der Waals surface area contributed by atoms with Gasteiger partial charge in [-0.25, -0.2) is 0 Å². The number of rotatable bonds is 7. The maximum absolute atomic E-state index is 6.32. The van der Waals surface area contributed by atoms with Gasteiger partial charge >= 0.3 is 0 Å². The summed E-state index contributed by atoms with van der Waals surface area (Å²) in [7, 11) is 1.76. The van der Waals surface area contributed by atoms with Crippen molar-refractivity contribution < 1.29 is 14.2 Å². The molecule has 0 heterocycles. The Balaban J connectivity index is 1.31. The number of hydrogen-bond donors (Lipinski definition) is 0. The van der Waals surface area contributed by atoms with Gasteiger partial charge in [0.25, 0.3) is 0 Å². The first-order valence-corrected chi connectivity index (χ1v) is 12.5. The van der Waals surface area contributed by atoms with Gasteiger partial charge in [0.2, 0.25) is 0 Å². The SMILES string of the molecule is COCCO[C@H]1CCC2C3CCc4cc(OCc5ccccc5)c(C)cc4C3CCC21C. The van der Waals surface area contributed by atoms with Crippen LogP contribution < -0.4 is 4.74 Å². The molecule has 5 rings (SSSR count). The normalized spacial score (nSPS) is 31.0. The number of ether oxygens (including phenoxy) is 3. The Hall–Kier alpha value is -1.84. The largest absolute Gasteiger partial charge is 0.489 e. The van der Waals surface area contributed by atoms with Crippen molar-refractivity contribution in [1.29, 1.82) is 0 Å². The molecule has 3 nitrogen and oxygen atoms in total. The molecular formula is C29H38O3. The lowest BCUT2D eigenvalue weighted by Crippen LogP contribution is -2.45. The molecule has 0 aliphatic heterocycles. The summed E-state index contributed by atoms with van der Waals surface area (Å²) in [4.78, 5) is 0. The van der Waals surface area contributed by atoms with Gasteiger partial charge in [-0.1, -0.05) is 43.3 Å². The molecule has 3 heteroatoms. The van der Waals surface area contributed by atoms with E-state index in [0.29, 0.717) is 30.7 Å². The Morgan fingerprint density at radius 3 is 2.66 bits per heavy atom. The van der Waals surface area contributed by atoms with Gasteiger partial charge in [-0.2, -0.15) is 0 Å². The Morgan fingerprint density at radius 2 is 1.84 bits per heavy atom. The summed E-state index contributed by atoms with van der Waals surface area (Å²) in [5.74, 6) is 3.35. The molecule has 0 amide bonds. The average Bonchev–Trinajstić information content (AvgIpc) is 3.15. The van der Waals surface area contributed by atoms with Gasteiger partial charge in [0.05, 0.1) is 19.3 Å². The van der Waals surface area contributed by atoms with Crippen LogP contribution in [-0.2, 0) is 22.5 Å². The molecule has 0 spiro atoms. The zero-order valence-electron chi connectivity index (χ0n) is 19.9. The van der Waals surface area contributed by atoms with E-state index in [-0.39, 0.29) is 0 Å². The third-order valence-electron chi connectivity index (χ3n) is 8.78. The van der Waals surface area contributed by atoms with Crippen molar-refractivity contribution in [2.75, 3.05) is 20.3 Å². The molecule has 5 atom stereocenters. The summed E-state index contributed by atoms with van der Waals surface area (Å²) < 4.78 is 17.8. The van der Waals surface area contributed by atoms with Crippen molar-refractivity contribution in [3.8, 4) is 5.75 Å². The summed E-state index contributed by atoms with van der Waals surface area (Å²) in [5, 5.41) is 0. The van der Waals surface area contributed by atoms with Crippen LogP contribution in [0.2, 0.25) is 0 Å². The summed E-state index contributed by atoms with van der Waals surface area (Å²) in [6.45, 7) is 6.79. The molecule has 172 valence electrons. The minimum atomic E-state index is 0.334. The van der Waals surface area contributed by atoms with Gasteiger partial charge in [-0.3, -0.25) is 0 Å². The minimum absolute atomic E-state index is 0.334. The van der Waals surface area contributed by atoms with Crippen molar-refractivity contribution in [2.24, 2.45) is 17.3 Å². The summed E-state index contributed by atoms with van der Waals surface area (Å²) in [6, 6.07) is 15.3. The number of benzene rings is 2. The molecule has 0 radical (unpaired) electrons. The van der Waals surface area contributed by atoms with E-state index in [1.807, 2.05) is 0 Å². The third kappa shape index (κ3) is 3.99. The minimum Gasteiger partial charge on any atom is -0.489 e. The van der Waals surface area contributed by atoms with Crippen LogP contribution in [0.4, 0.5) is 0 Å². The highest BCUT2D eigenvalue weighted by Gasteiger charge is 2.55. The monoisotopic (exact) mass is 434 g/mol. The van der Waals surface area contributed by atoms with Crippen LogP contribution in [0.15, 0.2) is 42.5 Å². The first-order chi connectivity index (χ1) is 15.6. The van der Waals surface area contributed by atoms with E-state index in [0.717, 1.165) is 24.2 Å². The molecule has 0 aromatic heterocycles. The number of methoxy groups -OCH3 is 1. The van der Waals surface area contributed by atoms with E-state index < -0.39 is 0 Å². The quantitative estimate of drug-likeness (QED) is 0.468. The van der Waals surface area contributed by atoms with E-state index in [1.54, 1.807) is 12.7 Å². The fourth-order valence-electron chi connectivity index (χ4n) is 7.10. The van der Waals surface area contributed by atoms with E-state index >= 15 is 0 Å². The van der Waals surface area contributed by atoms with Gasteiger partial charge < -0.3 is 14.2 Å². The fourth-order valence-corrected chi connectivity index (χ4v) is 7.10. The Labute approximate surface area is 193 Å². The van der Waals surface area contributed by atoms with Gasteiger partial charge in [-0.05, 0) is 96.9 Å². The molecule has 2 fully saturated rings. The maximum atomic E-state index is 6.32. The molecular weight excluding hydrogens is 396 g/mol. The molecule has 2 aromatic rings. The van der Waals surface area contributed by atoms with Crippen LogP contribution in [-0.4, -0.2) is 26.4 Å². The summed E-state index contributed by atoms with van der Waals surface area (Å²) >= 11 is 0. The number of aryl methyl sites for hydroxylation is 2. The van der Waals surface area contributed by atoms with E-state index in [2.05, 4.69) is 56.3 Å². The van der Waals surface area contributed by atoms with Crippen LogP contribution >= 0.6 is 0 Å². The van der Waals surface area contributed by atoms with Gasteiger partial charge in [0, 0.05) is 7.11 Å². The van der Waals surface area contributed by atoms with Crippen molar-refractivity contribution in [2.45, 2.75) is 71.0 Å². The second-order valence-corrected chi connectivity index (χ2v) is 10.5.